The van der Waals surface area contributed by atoms with Crippen LogP contribution < -0.4 is 14.8 Å². The quantitative estimate of drug-likeness (QED) is 0.717. The van der Waals surface area contributed by atoms with Crippen molar-refractivity contribution in [3.8, 4) is 11.5 Å². The van der Waals surface area contributed by atoms with Crippen molar-refractivity contribution in [3.63, 3.8) is 0 Å². The van der Waals surface area contributed by atoms with Gasteiger partial charge in [0.25, 0.3) is 5.91 Å². The van der Waals surface area contributed by atoms with Crippen LogP contribution in [-0.4, -0.2) is 37.8 Å². The lowest BCUT2D eigenvalue weighted by molar-refractivity contribution is -0.119. The van der Waals surface area contributed by atoms with Crippen molar-refractivity contribution in [2.24, 2.45) is 0 Å². The number of hydrogen-bond donors (Lipinski definition) is 1. The topological polar surface area (TPSA) is 83.1 Å². The second-order valence-electron chi connectivity index (χ2n) is 6.89. The Bertz CT molecular complexity index is 847. The molecule has 7 heteroatoms. The molecule has 7 nitrogen and oxygen atoms in total. The van der Waals surface area contributed by atoms with E-state index in [1.54, 1.807) is 42.5 Å². The first-order valence-electron chi connectivity index (χ1n) is 9.58. The van der Waals surface area contributed by atoms with Crippen LogP contribution in [0.5, 0.6) is 11.5 Å². The molecule has 0 saturated carbocycles. The van der Waals surface area contributed by atoms with Crippen LogP contribution >= 0.6 is 0 Å². The van der Waals surface area contributed by atoms with E-state index in [1.165, 1.54) is 0 Å². The summed E-state index contributed by atoms with van der Waals surface area (Å²) >= 11 is 0. The first-order chi connectivity index (χ1) is 14.0. The van der Waals surface area contributed by atoms with Gasteiger partial charge in [-0.15, -0.1) is 0 Å². The third-order valence-electron chi connectivity index (χ3n) is 4.14. The highest BCUT2D eigenvalue weighted by Gasteiger charge is 2.14. The largest absolute Gasteiger partial charge is 0.490 e. The van der Waals surface area contributed by atoms with Crippen LogP contribution in [0.15, 0.2) is 42.5 Å². The third kappa shape index (κ3) is 6.22. The SMILES string of the molecule is CC(C)OCc1ccc(C(=O)OCC(=O)Nc2ccc3c(c2)OCCCO3)cc1. The predicted octanol–water partition coefficient (Wildman–Crippen LogP) is 3.57. The number of hydrogen-bond acceptors (Lipinski definition) is 6. The van der Waals surface area contributed by atoms with E-state index in [2.05, 4.69) is 5.32 Å². The molecule has 154 valence electrons. The standard InChI is InChI=1S/C22H25NO6/c1-15(2)28-13-16-4-6-17(7-5-16)22(25)29-14-21(24)23-18-8-9-19-20(12-18)27-11-3-10-26-19/h4-9,12,15H,3,10-11,13-14H2,1-2H3,(H,23,24). The molecule has 0 fully saturated rings. The van der Waals surface area contributed by atoms with Crippen molar-refractivity contribution in [1.82, 2.24) is 0 Å². The number of rotatable bonds is 7. The Hall–Kier alpha value is -3.06. The van der Waals surface area contributed by atoms with Gasteiger partial charge in [0.2, 0.25) is 0 Å². The summed E-state index contributed by atoms with van der Waals surface area (Å²) in [7, 11) is 0. The zero-order chi connectivity index (χ0) is 20.6. The van der Waals surface area contributed by atoms with Crippen LogP contribution in [-0.2, 0) is 20.9 Å². The number of nitrogens with one attached hydrogen (secondary N) is 1. The zero-order valence-electron chi connectivity index (χ0n) is 16.6. The number of benzene rings is 2. The van der Waals surface area contributed by atoms with Gasteiger partial charge in [0.15, 0.2) is 18.1 Å². The third-order valence-corrected chi connectivity index (χ3v) is 4.14. The maximum absolute atomic E-state index is 12.1. The molecule has 1 aliphatic heterocycles. The van der Waals surface area contributed by atoms with Crippen LogP contribution in [0.4, 0.5) is 5.69 Å². The number of amides is 1. The lowest BCUT2D eigenvalue weighted by atomic mass is 10.1. The fourth-order valence-electron chi connectivity index (χ4n) is 2.65. The van der Waals surface area contributed by atoms with Crippen molar-refractivity contribution >= 4 is 17.6 Å². The molecule has 0 saturated heterocycles. The van der Waals surface area contributed by atoms with Crippen molar-refractivity contribution in [1.29, 1.82) is 0 Å². The molecular formula is C22H25NO6. The van der Waals surface area contributed by atoms with E-state index < -0.39 is 11.9 Å². The maximum Gasteiger partial charge on any atom is 0.338 e. The second kappa shape index (κ2) is 9.93. The Balaban J connectivity index is 1.49. The molecule has 29 heavy (non-hydrogen) atoms. The fraction of sp³-hybridized carbons (Fsp3) is 0.364. The maximum atomic E-state index is 12.1. The molecule has 3 rings (SSSR count). The van der Waals surface area contributed by atoms with Gasteiger partial charge in [0, 0.05) is 18.2 Å². The average molecular weight is 399 g/mol. The minimum Gasteiger partial charge on any atom is -0.490 e. The molecule has 1 aliphatic rings. The van der Waals surface area contributed by atoms with Crippen molar-refractivity contribution in [3.05, 3.63) is 53.6 Å². The Morgan fingerprint density at radius 1 is 1.03 bits per heavy atom. The Morgan fingerprint density at radius 2 is 1.76 bits per heavy atom. The van der Waals surface area contributed by atoms with Gasteiger partial charge in [-0.3, -0.25) is 4.79 Å². The molecule has 0 spiro atoms. The molecule has 0 bridgehead atoms. The number of ether oxygens (including phenoxy) is 4. The van der Waals surface area contributed by atoms with Gasteiger partial charge in [0.05, 0.1) is 31.5 Å². The number of anilines is 1. The fourth-order valence-corrected chi connectivity index (χ4v) is 2.65. The lowest BCUT2D eigenvalue weighted by Gasteiger charge is -2.11. The summed E-state index contributed by atoms with van der Waals surface area (Å²) in [5.74, 6) is 0.234. The molecule has 0 radical (unpaired) electrons. The Labute approximate surface area is 169 Å². The molecule has 0 aliphatic carbocycles. The highest BCUT2D eigenvalue weighted by molar-refractivity contribution is 5.95. The van der Waals surface area contributed by atoms with Crippen molar-refractivity contribution < 1.29 is 28.5 Å². The minimum absolute atomic E-state index is 0.136. The van der Waals surface area contributed by atoms with E-state index in [0.29, 0.717) is 42.6 Å². The second-order valence-corrected chi connectivity index (χ2v) is 6.89. The van der Waals surface area contributed by atoms with E-state index in [9.17, 15) is 9.59 Å². The summed E-state index contributed by atoms with van der Waals surface area (Å²) in [5, 5.41) is 2.69. The summed E-state index contributed by atoms with van der Waals surface area (Å²) in [6.45, 7) is 5.17. The van der Waals surface area contributed by atoms with E-state index in [0.717, 1.165) is 12.0 Å². The summed E-state index contributed by atoms with van der Waals surface area (Å²) in [4.78, 5) is 24.2. The number of fused-ring (bicyclic) bond motifs is 1. The summed E-state index contributed by atoms with van der Waals surface area (Å²) in [6.07, 6.45) is 0.940. The van der Waals surface area contributed by atoms with E-state index >= 15 is 0 Å². The van der Waals surface area contributed by atoms with Gasteiger partial charge in [0.1, 0.15) is 0 Å². The summed E-state index contributed by atoms with van der Waals surface area (Å²) < 4.78 is 21.8. The Morgan fingerprint density at radius 3 is 2.48 bits per heavy atom. The Kier molecular flexibility index (Phi) is 7.08. The minimum atomic E-state index is -0.560. The molecule has 1 amide bonds. The van der Waals surface area contributed by atoms with Crippen LogP contribution in [0.3, 0.4) is 0 Å². The molecular weight excluding hydrogens is 374 g/mol. The normalized spacial score (nSPS) is 12.9. The van der Waals surface area contributed by atoms with Crippen LogP contribution in [0.25, 0.3) is 0 Å². The summed E-state index contributed by atoms with van der Waals surface area (Å²) in [5.41, 5.74) is 1.88. The van der Waals surface area contributed by atoms with Crippen LogP contribution in [0, 0.1) is 0 Å². The molecule has 1 N–H and O–H groups in total. The molecule has 0 aromatic heterocycles. The van der Waals surface area contributed by atoms with E-state index in [1.807, 2.05) is 13.8 Å². The average Bonchev–Trinajstić information content (AvgIpc) is 2.96. The first-order valence-corrected chi connectivity index (χ1v) is 9.58. The summed E-state index contributed by atoms with van der Waals surface area (Å²) in [6, 6.07) is 12.1. The van der Waals surface area contributed by atoms with E-state index in [4.69, 9.17) is 18.9 Å². The molecule has 1 heterocycles. The molecule has 2 aromatic carbocycles. The highest BCUT2D eigenvalue weighted by atomic mass is 16.5. The van der Waals surface area contributed by atoms with Gasteiger partial charge < -0.3 is 24.3 Å². The predicted molar refractivity (Wildman–Crippen MR) is 107 cm³/mol. The number of carbonyl (C=O) groups excluding carboxylic acids is 2. The highest BCUT2D eigenvalue weighted by Crippen LogP contribution is 2.32. The molecule has 0 atom stereocenters. The van der Waals surface area contributed by atoms with E-state index in [-0.39, 0.29) is 12.7 Å². The van der Waals surface area contributed by atoms with Crippen molar-refractivity contribution in [2.75, 3.05) is 25.1 Å². The van der Waals surface area contributed by atoms with Crippen molar-refractivity contribution in [2.45, 2.75) is 33.0 Å². The van der Waals surface area contributed by atoms with Gasteiger partial charge in [-0.1, -0.05) is 12.1 Å². The number of carbonyl (C=O) groups is 2. The van der Waals surface area contributed by atoms with Gasteiger partial charge >= 0.3 is 5.97 Å². The molecule has 2 aromatic rings. The van der Waals surface area contributed by atoms with Crippen LogP contribution in [0.1, 0.15) is 36.2 Å². The lowest BCUT2D eigenvalue weighted by Crippen LogP contribution is -2.21. The van der Waals surface area contributed by atoms with Gasteiger partial charge in [-0.25, -0.2) is 4.79 Å². The number of esters is 1. The monoisotopic (exact) mass is 399 g/mol. The smallest absolute Gasteiger partial charge is 0.338 e. The zero-order valence-corrected chi connectivity index (χ0v) is 16.6. The van der Waals surface area contributed by atoms with Gasteiger partial charge in [-0.05, 0) is 43.7 Å². The van der Waals surface area contributed by atoms with Gasteiger partial charge in [-0.2, -0.15) is 0 Å². The molecule has 0 unspecified atom stereocenters. The van der Waals surface area contributed by atoms with Crippen LogP contribution in [0.2, 0.25) is 0 Å². The first kappa shape index (κ1) is 20.7.